The standard InChI is InChI=1S/C28H25N/c1-28(2,24-17-16-22-12-6-7-13-23(22)18-24)26-20-29(19-21-10-4-3-5-11-21)27-15-9-8-14-25(26)27/h3-18,20H,19H2,1-2H3. The van der Waals surface area contributed by atoms with Crippen LogP contribution >= 0.6 is 0 Å². The highest BCUT2D eigenvalue weighted by atomic mass is 15.0. The van der Waals surface area contributed by atoms with E-state index in [1.807, 2.05) is 0 Å². The number of nitrogens with zero attached hydrogens (tertiary/aromatic N) is 1. The highest BCUT2D eigenvalue weighted by Gasteiger charge is 2.27. The molecule has 0 N–H and O–H groups in total. The zero-order chi connectivity index (χ0) is 19.8. The van der Waals surface area contributed by atoms with Gasteiger partial charge < -0.3 is 4.57 Å². The molecule has 1 aromatic heterocycles. The fraction of sp³-hybridized carbons (Fsp3) is 0.143. The molecule has 0 aliphatic heterocycles. The topological polar surface area (TPSA) is 4.93 Å². The van der Waals surface area contributed by atoms with Crippen molar-refractivity contribution < 1.29 is 0 Å². The van der Waals surface area contributed by atoms with Crippen LogP contribution in [0.3, 0.4) is 0 Å². The Hall–Kier alpha value is -3.32. The molecule has 0 unspecified atom stereocenters. The summed E-state index contributed by atoms with van der Waals surface area (Å²) < 4.78 is 2.39. The second-order valence-corrected chi connectivity index (χ2v) is 8.36. The molecule has 29 heavy (non-hydrogen) atoms. The number of benzene rings is 4. The molecule has 142 valence electrons. The van der Waals surface area contributed by atoms with E-state index in [-0.39, 0.29) is 5.41 Å². The molecule has 0 aliphatic rings. The van der Waals surface area contributed by atoms with Gasteiger partial charge in [0.1, 0.15) is 0 Å². The minimum atomic E-state index is -0.0917. The van der Waals surface area contributed by atoms with E-state index in [1.165, 1.54) is 38.4 Å². The van der Waals surface area contributed by atoms with E-state index in [4.69, 9.17) is 0 Å². The minimum Gasteiger partial charge on any atom is -0.343 e. The third kappa shape index (κ3) is 3.13. The Morgan fingerprint density at radius 3 is 2.21 bits per heavy atom. The largest absolute Gasteiger partial charge is 0.343 e. The zero-order valence-corrected chi connectivity index (χ0v) is 17.0. The summed E-state index contributed by atoms with van der Waals surface area (Å²) in [5.74, 6) is 0. The van der Waals surface area contributed by atoms with Gasteiger partial charge >= 0.3 is 0 Å². The monoisotopic (exact) mass is 375 g/mol. The first-order chi connectivity index (χ1) is 14.1. The maximum absolute atomic E-state index is 2.39. The summed E-state index contributed by atoms with van der Waals surface area (Å²) in [6.07, 6.45) is 2.35. The van der Waals surface area contributed by atoms with E-state index in [9.17, 15) is 0 Å². The van der Waals surface area contributed by atoms with E-state index in [1.54, 1.807) is 0 Å². The lowest BCUT2D eigenvalue weighted by Gasteiger charge is -2.26. The van der Waals surface area contributed by atoms with Crippen molar-refractivity contribution in [1.29, 1.82) is 0 Å². The highest BCUT2D eigenvalue weighted by Crippen LogP contribution is 2.38. The summed E-state index contributed by atoms with van der Waals surface area (Å²) in [6.45, 7) is 5.56. The van der Waals surface area contributed by atoms with Gasteiger partial charge in [0.15, 0.2) is 0 Å². The van der Waals surface area contributed by atoms with Gasteiger partial charge in [0, 0.05) is 29.1 Å². The summed E-state index contributed by atoms with van der Waals surface area (Å²) >= 11 is 0. The van der Waals surface area contributed by atoms with Gasteiger partial charge in [0.2, 0.25) is 0 Å². The van der Waals surface area contributed by atoms with E-state index >= 15 is 0 Å². The number of fused-ring (bicyclic) bond motifs is 2. The van der Waals surface area contributed by atoms with Crippen LogP contribution in [0.25, 0.3) is 21.7 Å². The first kappa shape index (κ1) is 17.8. The summed E-state index contributed by atoms with van der Waals surface area (Å²) in [6, 6.07) is 34.9. The number of hydrogen-bond acceptors (Lipinski definition) is 0. The van der Waals surface area contributed by atoms with Crippen LogP contribution in [0.4, 0.5) is 0 Å². The van der Waals surface area contributed by atoms with Crippen LogP contribution in [0.5, 0.6) is 0 Å². The van der Waals surface area contributed by atoms with Gasteiger partial charge in [-0.3, -0.25) is 0 Å². The van der Waals surface area contributed by atoms with Crippen molar-refractivity contribution in [3.63, 3.8) is 0 Å². The number of para-hydroxylation sites is 1. The third-order valence-electron chi connectivity index (χ3n) is 6.13. The number of aromatic nitrogens is 1. The molecular formula is C28H25N. The minimum absolute atomic E-state index is 0.0917. The smallest absolute Gasteiger partial charge is 0.0486 e. The van der Waals surface area contributed by atoms with Crippen LogP contribution in [0, 0.1) is 0 Å². The molecule has 4 aromatic carbocycles. The Morgan fingerprint density at radius 2 is 1.38 bits per heavy atom. The van der Waals surface area contributed by atoms with Crippen molar-refractivity contribution >= 4 is 21.7 Å². The van der Waals surface area contributed by atoms with Crippen molar-refractivity contribution in [2.24, 2.45) is 0 Å². The van der Waals surface area contributed by atoms with Gasteiger partial charge in [-0.15, -0.1) is 0 Å². The molecule has 5 aromatic rings. The summed E-state index contributed by atoms with van der Waals surface area (Å²) in [5.41, 5.74) is 5.24. The zero-order valence-electron chi connectivity index (χ0n) is 17.0. The second-order valence-electron chi connectivity index (χ2n) is 8.36. The van der Waals surface area contributed by atoms with Crippen molar-refractivity contribution in [2.45, 2.75) is 25.8 Å². The molecule has 1 nitrogen and oxygen atoms in total. The van der Waals surface area contributed by atoms with Gasteiger partial charge in [0.25, 0.3) is 0 Å². The van der Waals surface area contributed by atoms with Crippen LogP contribution in [-0.2, 0) is 12.0 Å². The number of hydrogen-bond donors (Lipinski definition) is 0. The van der Waals surface area contributed by atoms with Gasteiger partial charge in [0.05, 0.1) is 0 Å². The molecular weight excluding hydrogens is 350 g/mol. The molecule has 0 aliphatic carbocycles. The summed E-state index contributed by atoms with van der Waals surface area (Å²) in [4.78, 5) is 0. The molecule has 0 atom stereocenters. The Kier molecular flexibility index (Phi) is 4.24. The maximum Gasteiger partial charge on any atom is 0.0486 e. The van der Waals surface area contributed by atoms with E-state index in [0.717, 1.165) is 6.54 Å². The van der Waals surface area contributed by atoms with E-state index in [0.29, 0.717) is 0 Å². The normalized spacial score (nSPS) is 11.9. The van der Waals surface area contributed by atoms with Crippen molar-refractivity contribution in [3.05, 3.63) is 120 Å². The van der Waals surface area contributed by atoms with Crippen molar-refractivity contribution in [3.8, 4) is 0 Å². The lowest BCUT2D eigenvalue weighted by molar-refractivity contribution is 0.642. The van der Waals surface area contributed by atoms with Crippen molar-refractivity contribution in [2.75, 3.05) is 0 Å². The quantitative estimate of drug-likeness (QED) is 0.314. The average Bonchev–Trinajstić information content (AvgIpc) is 3.13. The van der Waals surface area contributed by atoms with E-state index < -0.39 is 0 Å². The van der Waals surface area contributed by atoms with Crippen molar-refractivity contribution in [1.82, 2.24) is 4.57 Å². The number of rotatable bonds is 4. The fourth-order valence-corrected chi connectivity index (χ4v) is 4.39. The molecule has 0 saturated heterocycles. The third-order valence-corrected chi connectivity index (χ3v) is 6.13. The Labute approximate surface area is 172 Å². The van der Waals surface area contributed by atoms with Gasteiger partial charge in [-0.1, -0.05) is 105 Å². The second kappa shape index (κ2) is 6.93. The summed E-state index contributed by atoms with van der Waals surface area (Å²) in [5, 5.41) is 3.92. The van der Waals surface area contributed by atoms with Crippen LogP contribution in [-0.4, -0.2) is 4.57 Å². The highest BCUT2D eigenvalue weighted by molar-refractivity contribution is 5.87. The predicted octanol–water partition coefficient (Wildman–Crippen LogP) is 7.17. The molecule has 0 radical (unpaired) electrons. The van der Waals surface area contributed by atoms with Gasteiger partial charge in [-0.05, 0) is 33.5 Å². The molecule has 0 fully saturated rings. The molecule has 0 bridgehead atoms. The lowest BCUT2D eigenvalue weighted by atomic mass is 9.77. The Bertz CT molecular complexity index is 1290. The maximum atomic E-state index is 2.39. The average molecular weight is 376 g/mol. The Morgan fingerprint density at radius 1 is 0.690 bits per heavy atom. The van der Waals surface area contributed by atoms with Crippen LogP contribution in [0.15, 0.2) is 103 Å². The fourth-order valence-electron chi connectivity index (χ4n) is 4.39. The van der Waals surface area contributed by atoms with Crippen LogP contribution < -0.4 is 0 Å². The first-order valence-electron chi connectivity index (χ1n) is 10.2. The Balaban J connectivity index is 1.65. The van der Waals surface area contributed by atoms with Crippen LogP contribution in [0.2, 0.25) is 0 Å². The molecule has 1 heteroatoms. The van der Waals surface area contributed by atoms with E-state index in [2.05, 4.69) is 122 Å². The molecule has 0 amide bonds. The first-order valence-corrected chi connectivity index (χ1v) is 10.2. The van der Waals surface area contributed by atoms with Crippen LogP contribution in [0.1, 0.15) is 30.5 Å². The van der Waals surface area contributed by atoms with Gasteiger partial charge in [-0.25, -0.2) is 0 Å². The lowest BCUT2D eigenvalue weighted by Crippen LogP contribution is -2.18. The molecule has 0 saturated carbocycles. The molecule has 5 rings (SSSR count). The summed E-state index contributed by atoms with van der Waals surface area (Å²) in [7, 11) is 0. The molecule has 1 heterocycles. The SMILES string of the molecule is CC(C)(c1ccc2ccccc2c1)c1cn(Cc2ccccc2)c2ccccc12. The predicted molar refractivity (Wildman–Crippen MR) is 124 cm³/mol. The molecule has 0 spiro atoms. The van der Waals surface area contributed by atoms with Gasteiger partial charge in [-0.2, -0.15) is 0 Å².